The first-order chi connectivity index (χ1) is 9.65. The van der Waals surface area contributed by atoms with E-state index in [1.807, 2.05) is 31.2 Å². The van der Waals surface area contributed by atoms with Gasteiger partial charge in [0.25, 0.3) is 0 Å². The summed E-state index contributed by atoms with van der Waals surface area (Å²) in [5.74, 6) is 1.59. The Morgan fingerprint density at radius 2 is 1.85 bits per heavy atom. The van der Waals surface area contributed by atoms with Crippen LogP contribution in [0.5, 0.6) is 11.5 Å². The molecule has 0 aromatic heterocycles. The third-order valence-corrected chi connectivity index (χ3v) is 2.70. The zero-order valence-corrected chi connectivity index (χ0v) is 12.3. The van der Waals surface area contributed by atoms with Crippen LogP contribution in [0.4, 0.5) is 0 Å². The summed E-state index contributed by atoms with van der Waals surface area (Å²) in [5, 5.41) is 2.86. The fraction of sp³-hybridized carbons (Fsp3) is 0.533. The van der Waals surface area contributed by atoms with Crippen LogP contribution in [0.3, 0.4) is 0 Å². The quantitative estimate of drug-likeness (QED) is 0.703. The van der Waals surface area contributed by atoms with Crippen molar-refractivity contribution in [2.45, 2.75) is 25.8 Å². The van der Waals surface area contributed by atoms with E-state index in [0.717, 1.165) is 11.5 Å². The van der Waals surface area contributed by atoms with Crippen molar-refractivity contribution in [1.82, 2.24) is 5.32 Å². The van der Waals surface area contributed by atoms with E-state index in [9.17, 15) is 4.79 Å². The molecule has 5 nitrogen and oxygen atoms in total. The Hall–Kier alpha value is -1.75. The molecule has 0 saturated carbocycles. The van der Waals surface area contributed by atoms with Crippen LogP contribution in [0.15, 0.2) is 24.3 Å². The van der Waals surface area contributed by atoms with Gasteiger partial charge in [0, 0.05) is 19.6 Å². The van der Waals surface area contributed by atoms with Crippen molar-refractivity contribution < 1.29 is 19.0 Å². The molecule has 1 amide bonds. The highest BCUT2D eigenvalue weighted by Gasteiger charge is 2.06. The predicted molar refractivity (Wildman–Crippen MR) is 77.2 cm³/mol. The highest BCUT2D eigenvalue weighted by atomic mass is 16.5. The van der Waals surface area contributed by atoms with Crippen molar-refractivity contribution >= 4 is 5.91 Å². The largest absolute Gasteiger partial charge is 0.497 e. The molecule has 1 N–H and O–H groups in total. The van der Waals surface area contributed by atoms with E-state index in [4.69, 9.17) is 14.2 Å². The highest BCUT2D eigenvalue weighted by molar-refractivity contribution is 5.76. The second-order valence-corrected chi connectivity index (χ2v) is 4.55. The zero-order valence-electron chi connectivity index (χ0n) is 12.3. The van der Waals surface area contributed by atoms with Gasteiger partial charge >= 0.3 is 0 Å². The minimum Gasteiger partial charge on any atom is -0.497 e. The molecule has 0 unspecified atom stereocenters. The number of carbonyl (C=O) groups is 1. The summed E-state index contributed by atoms with van der Waals surface area (Å²) in [4.78, 5) is 11.6. The molecule has 0 aliphatic heterocycles. The van der Waals surface area contributed by atoms with Crippen molar-refractivity contribution in [3.05, 3.63) is 24.3 Å². The number of hydrogen-bond acceptors (Lipinski definition) is 4. The van der Waals surface area contributed by atoms with Crippen LogP contribution in [0, 0.1) is 0 Å². The molecule has 0 aliphatic carbocycles. The molecule has 1 aromatic rings. The lowest BCUT2D eigenvalue weighted by atomic mass is 10.2. The van der Waals surface area contributed by atoms with E-state index in [0.29, 0.717) is 26.1 Å². The second kappa shape index (κ2) is 9.20. The molecule has 112 valence electrons. The maximum Gasteiger partial charge on any atom is 0.220 e. The maximum absolute atomic E-state index is 11.6. The number of ether oxygens (including phenoxy) is 3. The number of amides is 1. The molecule has 1 atom stereocenters. The normalized spacial score (nSPS) is 11.8. The number of methoxy groups -OCH3 is 2. The van der Waals surface area contributed by atoms with Crippen molar-refractivity contribution in [3.63, 3.8) is 0 Å². The Kier molecular flexibility index (Phi) is 7.50. The van der Waals surface area contributed by atoms with Gasteiger partial charge in [0.15, 0.2) is 0 Å². The zero-order chi connectivity index (χ0) is 14.8. The molecule has 0 saturated heterocycles. The van der Waals surface area contributed by atoms with Gasteiger partial charge in [0.05, 0.1) is 20.3 Å². The lowest BCUT2D eigenvalue weighted by Gasteiger charge is -2.12. The standard InChI is InChI=1S/C15H23NO4/c1-12(11-18-2)16-15(17)5-4-10-20-14-8-6-13(19-3)7-9-14/h6-9,12H,4-5,10-11H2,1-3H3,(H,16,17)/t12-/m0/s1. The average Bonchev–Trinajstić information content (AvgIpc) is 2.44. The summed E-state index contributed by atoms with van der Waals surface area (Å²) in [6.07, 6.45) is 1.13. The summed E-state index contributed by atoms with van der Waals surface area (Å²) < 4.78 is 15.6. The Morgan fingerprint density at radius 3 is 2.45 bits per heavy atom. The van der Waals surface area contributed by atoms with Gasteiger partial charge in [0.1, 0.15) is 11.5 Å². The van der Waals surface area contributed by atoms with Gasteiger partial charge in [-0.3, -0.25) is 4.79 Å². The molecule has 5 heteroatoms. The highest BCUT2D eigenvalue weighted by Crippen LogP contribution is 2.17. The van der Waals surface area contributed by atoms with E-state index in [-0.39, 0.29) is 11.9 Å². The number of nitrogens with one attached hydrogen (secondary N) is 1. The summed E-state index contributed by atoms with van der Waals surface area (Å²) in [5.41, 5.74) is 0. The lowest BCUT2D eigenvalue weighted by molar-refractivity contribution is -0.122. The van der Waals surface area contributed by atoms with Gasteiger partial charge in [0.2, 0.25) is 5.91 Å². The molecule has 0 radical (unpaired) electrons. The third kappa shape index (κ3) is 6.43. The van der Waals surface area contributed by atoms with Crippen LogP contribution in [0.1, 0.15) is 19.8 Å². The maximum atomic E-state index is 11.6. The van der Waals surface area contributed by atoms with E-state index < -0.39 is 0 Å². The van der Waals surface area contributed by atoms with Crippen LogP contribution in [0.2, 0.25) is 0 Å². The fourth-order valence-electron chi connectivity index (χ4n) is 1.73. The van der Waals surface area contributed by atoms with Crippen molar-refractivity contribution in [2.24, 2.45) is 0 Å². The van der Waals surface area contributed by atoms with E-state index in [2.05, 4.69) is 5.32 Å². The number of carbonyl (C=O) groups excluding carboxylic acids is 1. The fourth-order valence-corrected chi connectivity index (χ4v) is 1.73. The minimum absolute atomic E-state index is 0.0212. The molecule has 0 spiro atoms. The molecule has 20 heavy (non-hydrogen) atoms. The van der Waals surface area contributed by atoms with Gasteiger partial charge in [-0.05, 0) is 37.6 Å². The van der Waals surface area contributed by atoms with E-state index in [1.165, 1.54) is 0 Å². The lowest BCUT2D eigenvalue weighted by Crippen LogP contribution is -2.35. The topological polar surface area (TPSA) is 56.8 Å². The summed E-state index contributed by atoms with van der Waals surface area (Å²) in [6.45, 7) is 2.95. The van der Waals surface area contributed by atoms with Crippen LogP contribution in [-0.4, -0.2) is 39.4 Å². The van der Waals surface area contributed by atoms with Crippen molar-refractivity contribution in [2.75, 3.05) is 27.4 Å². The molecule has 0 aliphatic rings. The van der Waals surface area contributed by atoms with Crippen LogP contribution >= 0.6 is 0 Å². The molecule has 0 heterocycles. The summed E-state index contributed by atoms with van der Waals surface area (Å²) in [7, 11) is 3.24. The third-order valence-electron chi connectivity index (χ3n) is 2.70. The monoisotopic (exact) mass is 281 g/mol. The number of rotatable bonds is 9. The Balaban J connectivity index is 2.16. The Morgan fingerprint density at radius 1 is 1.20 bits per heavy atom. The predicted octanol–water partition coefficient (Wildman–Crippen LogP) is 2.01. The SMILES string of the molecule is COC[C@H](C)NC(=O)CCCOc1ccc(OC)cc1. The smallest absolute Gasteiger partial charge is 0.220 e. The van der Waals surface area contributed by atoms with Gasteiger partial charge in [-0.25, -0.2) is 0 Å². The molecular formula is C15H23NO4. The average molecular weight is 281 g/mol. The van der Waals surface area contributed by atoms with Crippen LogP contribution in [-0.2, 0) is 9.53 Å². The molecule has 0 bridgehead atoms. The van der Waals surface area contributed by atoms with Gasteiger partial charge in [-0.1, -0.05) is 0 Å². The Labute approximate surface area is 120 Å². The first-order valence-electron chi connectivity index (χ1n) is 6.71. The van der Waals surface area contributed by atoms with Crippen LogP contribution in [0.25, 0.3) is 0 Å². The molecule has 0 fully saturated rings. The van der Waals surface area contributed by atoms with Gasteiger partial charge < -0.3 is 19.5 Å². The first-order valence-corrected chi connectivity index (χ1v) is 6.71. The molecule has 1 rings (SSSR count). The van der Waals surface area contributed by atoms with E-state index >= 15 is 0 Å². The van der Waals surface area contributed by atoms with Crippen LogP contribution < -0.4 is 14.8 Å². The Bertz CT molecular complexity index is 391. The first kappa shape index (κ1) is 16.3. The van der Waals surface area contributed by atoms with Crippen molar-refractivity contribution in [1.29, 1.82) is 0 Å². The molecular weight excluding hydrogens is 258 g/mol. The molecule has 1 aromatic carbocycles. The van der Waals surface area contributed by atoms with E-state index in [1.54, 1.807) is 14.2 Å². The minimum atomic E-state index is 0.0212. The van der Waals surface area contributed by atoms with Gasteiger partial charge in [-0.2, -0.15) is 0 Å². The summed E-state index contributed by atoms with van der Waals surface area (Å²) >= 11 is 0. The van der Waals surface area contributed by atoms with Crippen molar-refractivity contribution in [3.8, 4) is 11.5 Å². The second-order valence-electron chi connectivity index (χ2n) is 4.55. The summed E-state index contributed by atoms with van der Waals surface area (Å²) in [6, 6.07) is 7.41. The van der Waals surface area contributed by atoms with Gasteiger partial charge in [-0.15, -0.1) is 0 Å². The number of hydrogen-bond donors (Lipinski definition) is 1. The number of benzene rings is 1.